The summed E-state index contributed by atoms with van der Waals surface area (Å²) >= 11 is 0. The third-order valence-corrected chi connectivity index (χ3v) is 11.5. The van der Waals surface area contributed by atoms with Gasteiger partial charge in [0, 0.05) is 12.8 Å². The molecule has 4 unspecified atom stereocenters. The number of esters is 2. The lowest BCUT2D eigenvalue weighted by Crippen LogP contribution is -2.61. The van der Waals surface area contributed by atoms with Gasteiger partial charge in [0.2, 0.25) is 0 Å². The molecular formula is C51H86O15. The summed E-state index contributed by atoms with van der Waals surface area (Å²) in [6, 6.07) is 0. The molecule has 11 atom stereocenters. The lowest BCUT2D eigenvalue weighted by molar-refractivity contribution is -0.332. The number of hydrogen-bond donors (Lipinski definition) is 7. The maximum absolute atomic E-state index is 13.0. The molecule has 0 aromatic rings. The van der Waals surface area contributed by atoms with Crippen molar-refractivity contribution in [1.82, 2.24) is 0 Å². The molecule has 2 aliphatic heterocycles. The predicted octanol–water partition coefficient (Wildman–Crippen LogP) is 6.49. The van der Waals surface area contributed by atoms with Gasteiger partial charge in [-0.05, 0) is 70.6 Å². The van der Waals surface area contributed by atoms with Gasteiger partial charge in [-0.3, -0.25) is 9.59 Å². The Morgan fingerprint density at radius 1 is 0.515 bits per heavy atom. The first-order valence-corrected chi connectivity index (χ1v) is 24.9. The number of hydrogen-bond acceptors (Lipinski definition) is 15. The van der Waals surface area contributed by atoms with Crippen LogP contribution in [0.15, 0.2) is 60.8 Å². The first-order valence-electron chi connectivity index (χ1n) is 24.9. The van der Waals surface area contributed by atoms with Crippen molar-refractivity contribution in [2.75, 3.05) is 26.4 Å². The second-order valence-electron chi connectivity index (χ2n) is 17.3. The van der Waals surface area contributed by atoms with Crippen LogP contribution in [0.25, 0.3) is 0 Å². The molecule has 2 heterocycles. The molecule has 66 heavy (non-hydrogen) atoms. The summed E-state index contributed by atoms with van der Waals surface area (Å²) in [6.07, 6.45) is 25.3. The molecule has 0 spiro atoms. The van der Waals surface area contributed by atoms with Crippen molar-refractivity contribution in [2.24, 2.45) is 0 Å². The highest BCUT2D eigenvalue weighted by Gasteiger charge is 2.47. The van der Waals surface area contributed by atoms with Crippen molar-refractivity contribution < 1.29 is 73.8 Å². The number of aliphatic hydroxyl groups excluding tert-OH is 7. The molecule has 15 heteroatoms. The third-order valence-electron chi connectivity index (χ3n) is 11.5. The number of unbranched alkanes of at least 4 members (excludes halogenated alkanes) is 14. The number of allylic oxidation sites excluding steroid dienone is 10. The lowest BCUT2D eigenvalue weighted by atomic mass is 9.98. The molecule has 0 bridgehead atoms. The lowest BCUT2D eigenvalue weighted by Gasteiger charge is -2.42. The summed E-state index contributed by atoms with van der Waals surface area (Å²) in [7, 11) is 0. The molecule has 2 rings (SSSR count). The number of rotatable bonds is 37. The van der Waals surface area contributed by atoms with Crippen LogP contribution in [0.1, 0.15) is 155 Å². The monoisotopic (exact) mass is 939 g/mol. The van der Waals surface area contributed by atoms with Crippen molar-refractivity contribution in [1.29, 1.82) is 0 Å². The van der Waals surface area contributed by atoms with E-state index in [1.807, 2.05) is 0 Å². The maximum atomic E-state index is 13.0. The Morgan fingerprint density at radius 3 is 1.59 bits per heavy atom. The Kier molecular flexibility index (Phi) is 34.2. The summed E-state index contributed by atoms with van der Waals surface area (Å²) in [5, 5.41) is 72.0. The van der Waals surface area contributed by atoms with E-state index < -0.39 is 99.3 Å². The first-order chi connectivity index (χ1) is 32.0. The molecule has 2 fully saturated rings. The summed E-state index contributed by atoms with van der Waals surface area (Å²) in [6.45, 7) is 2.40. The van der Waals surface area contributed by atoms with E-state index in [9.17, 15) is 45.3 Å². The molecule has 0 aromatic carbocycles. The largest absolute Gasteiger partial charge is 0.462 e. The van der Waals surface area contributed by atoms with Gasteiger partial charge in [0.05, 0.1) is 19.8 Å². The fourth-order valence-electron chi connectivity index (χ4n) is 7.40. The molecule has 2 aliphatic rings. The minimum Gasteiger partial charge on any atom is -0.462 e. The Bertz CT molecular complexity index is 1380. The van der Waals surface area contributed by atoms with Gasteiger partial charge < -0.3 is 64.2 Å². The van der Waals surface area contributed by atoms with E-state index in [0.717, 1.165) is 89.9 Å². The number of carbonyl (C=O) groups is 2. The number of aliphatic hydroxyl groups is 7. The minimum atomic E-state index is -1.77. The highest BCUT2D eigenvalue weighted by Crippen LogP contribution is 2.26. The normalized spacial score (nSPS) is 26.7. The first kappa shape index (κ1) is 59.3. The second-order valence-corrected chi connectivity index (χ2v) is 17.3. The molecule has 0 aliphatic carbocycles. The van der Waals surface area contributed by atoms with E-state index in [1.165, 1.54) is 25.7 Å². The Hall–Kier alpha value is -2.80. The zero-order valence-electron chi connectivity index (χ0n) is 39.9. The van der Waals surface area contributed by atoms with Crippen LogP contribution in [0.3, 0.4) is 0 Å². The fraction of sp³-hybridized carbons (Fsp3) is 0.765. The van der Waals surface area contributed by atoms with Crippen LogP contribution in [-0.4, -0.2) is 142 Å². The Morgan fingerprint density at radius 2 is 1.00 bits per heavy atom. The van der Waals surface area contributed by atoms with Crippen LogP contribution in [0.4, 0.5) is 0 Å². The number of carbonyl (C=O) groups excluding carboxylic acids is 2. The number of ether oxygens (including phenoxy) is 6. The van der Waals surface area contributed by atoms with E-state index in [0.29, 0.717) is 12.8 Å². The molecule has 15 nitrogen and oxygen atoms in total. The van der Waals surface area contributed by atoms with Crippen molar-refractivity contribution in [3.05, 3.63) is 60.8 Å². The topological polar surface area (TPSA) is 231 Å². The maximum Gasteiger partial charge on any atom is 0.306 e. The molecular weight excluding hydrogens is 853 g/mol. The van der Waals surface area contributed by atoms with Crippen LogP contribution >= 0.6 is 0 Å². The quantitative estimate of drug-likeness (QED) is 0.0153. The van der Waals surface area contributed by atoms with Gasteiger partial charge in [-0.1, -0.05) is 132 Å². The third kappa shape index (κ3) is 26.1. The van der Waals surface area contributed by atoms with E-state index in [1.54, 1.807) is 0 Å². The zero-order valence-corrected chi connectivity index (χ0v) is 39.9. The van der Waals surface area contributed by atoms with E-state index in [4.69, 9.17) is 28.4 Å². The van der Waals surface area contributed by atoms with E-state index in [-0.39, 0.29) is 19.4 Å². The predicted molar refractivity (Wildman–Crippen MR) is 252 cm³/mol. The summed E-state index contributed by atoms with van der Waals surface area (Å²) < 4.78 is 33.5. The van der Waals surface area contributed by atoms with Crippen molar-refractivity contribution in [2.45, 2.75) is 223 Å². The average molecular weight is 939 g/mol. The minimum absolute atomic E-state index is 0.139. The van der Waals surface area contributed by atoms with Crippen LogP contribution < -0.4 is 0 Å². The molecule has 0 saturated carbocycles. The molecule has 0 amide bonds. The highest BCUT2D eigenvalue weighted by atomic mass is 16.7. The Labute approximate surface area is 394 Å². The van der Waals surface area contributed by atoms with Crippen LogP contribution in [0.5, 0.6) is 0 Å². The molecule has 0 aromatic heterocycles. The molecule has 2 saturated heterocycles. The van der Waals surface area contributed by atoms with Gasteiger partial charge in [-0.2, -0.15) is 0 Å². The van der Waals surface area contributed by atoms with Crippen LogP contribution in [-0.2, 0) is 38.0 Å². The summed E-state index contributed by atoms with van der Waals surface area (Å²) in [5.74, 6) is -0.968. The van der Waals surface area contributed by atoms with Crippen molar-refractivity contribution in [3.8, 4) is 0 Å². The standard InChI is InChI=1S/C51H86O15/c1-3-5-7-9-11-13-15-17-19-21-23-25-27-29-31-33-42(53)61-36-39(64-43(54)34-32-30-28-26-24-22-20-18-16-14-12-10-8-6-4-2)37-62-50-49(60)47(58)45(56)41(66-50)38-63-51-48(59)46(57)44(55)40(35-52)65-51/h6,8,12-15,17-20,39-41,44-52,55-60H,3-5,7,9-11,16,21-38H2,1-2H3/b8-6+,14-12+,15-13+,19-17+,20-18+/t39-,40-,41-,44+,45+,46?,47?,48?,49?,50-,51-/m1/s1. The van der Waals surface area contributed by atoms with Crippen molar-refractivity contribution >= 4 is 11.9 Å². The van der Waals surface area contributed by atoms with Crippen LogP contribution in [0, 0.1) is 0 Å². The van der Waals surface area contributed by atoms with Crippen molar-refractivity contribution in [3.63, 3.8) is 0 Å². The van der Waals surface area contributed by atoms with Gasteiger partial charge in [-0.15, -0.1) is 0 Å². The van der Waals surface area contributed by atoms with E-state index in [2.05, 4.69) is 74.6 Å². The van der Waals surface area contributed by atoms with Gasteiger partial charge in [-0.25, -0.2) is 0 Å². The van der Waals surface area contributed by atoms with Gasteiger partial charge >= 0.3 is 11.9 Å². The highest BCUT2D eigenvalue weighted by molar-refractivity contribution is 5.70. The van der Waals surface area contributed by atoms with Gasteiger partial charge in [0.1, 0.15) is 55.4 Å². The van der Waals surface area contributed by atoms with Gasteiger partial charge in [0.15, 0.2) is 18.7 Å². The molecule has 0 radical (unpaired) electrons. The molecule has 7 N–H and O–H groups in total. The smallest absolute Gasteiger partial charge is 0.306 e. The SMILES string of the molecule is CC/C=C/C/C=C/C/C=C/CCCCCCCC(=O)O[C@H](COC(=O)CCCCCCC/C=C/C=C/CCCCCC)CO[C@@H]1O[C@H](CO[C@@H]2O[C@H](CO)[C@H](O)C(O)C2O)[C@H](O)C(O)C1O. The summed E-state index contributed by atoms with van der Waals surface area (Å²) in [4.78, 5) is 25.7. The second kappa shape index (κ2) is 38.1. The van der Waals surface area contributed by atoms with Crippen LogP contribution in [0.2, 0.25) is 0 Å². The van der Waals surface area contributed by atoms with Gasteiger partial charge in [0.25, 0.3) is 0 Å². The fourth-order valence-corrected chi connectivity index (χ4v) is 7.40. The summed E-state index contributed by atoms with van der Waals surface area (Å²) in [5.41, 5.74) is 0. The Balaban J connectivity index is 1.84. The van der Waals surface area contributed by atoms with E-state index >= 15 is 0 Å². The average Bonchev–Trinajstić information content (AvgIpc) is 3.31. The zero-order chi connectivity index (χ0) is 48.2. The molecule has 380 valence electrons.